The minimum absolute atomic E-state index is 0.147. The van der Waals surface area contributed by atoms with Gasteiger partial charge in [-0.05, 0) is 19.1 Å². The van der Waals surface area contributed by atoms with Gasteiger partial charge in [0.15, 0.2) is 11.6 Å². The van der Waals surface area contributed by atoms with Crippen LogP contribution in [0, 0.1) is 5.82 Å². The molecule has 5 heteroatoms. The molecule has 1 saturated heterocycles. The summed E-state index contributed by atoms with van der Waals surface area (Å²) in [6.07, 6.45) is 0.147. The van der Waals surface area contributed by atoms with Crippen LogP contribution in [-0.4, -0.2) is 46.0 Å². The Kier molecular flexibility index (Phi) is 4.99. The number of nitrogens with zero attached hydrogens (tertiary/aromatic N) is 1. The Balaban J connectivity index is 1.98. The zero-order chi connectivity index (χ0) is 13.7. The van der Waals surface area contributed by atoms with Gasteiger partial charge >= 0.3 is 0 Å². The molecule has 0 spiro atoms. The molecule has 0 radical (unpaired) electrons. The number of hydrogen-bond donors (Lipinski definition) is 1. The van der Waals surface area contributed by atoms with Gasteiger partial charge in [-0.2, -0.15) is 0 Å². The lowest BCUT2D eigenvalue weighted by Crippen LogP contribution is -2.44. The van der Waals surface area contributed by atoms with E-state index in [1.807, 2.05) is 24.9 Å². The third kappa shape index (κ3) is 3.81. The summed E-state index contributed by atoms with van der Waals surface area (Å²) in [6.45, 7) is 5.51. The van der Waals surface area contributed by atoms with E-state index in [2.05, 4.69) is 5.32 Å². The zero-order valence-corrected chi connectivity index (χ0v) is 11.5. The fourth-order valence-corrected chi connectivity index (χ4v) is 2.15. The molecule has 1 aliphatic rings. The lowest BCUT2D eigenvalue weighted by atomic mass is 10.2. The summed E-state index contributed by atoms with van der Waals surface area (Å²) in [5, 5.41) is 3.28. The maximum atomic E-state index is 13.8. The van der Waals surface area contributed by atoms with E-state index in [1.54, 1.807) is 6.07 Å². The highest BCUT2D eigenvalue weighted by Crippen LogP contribution is 2.23. The number of benzene rings is 1. The highest BCUT2D eigenvalue weighted by Gasteiger charge is 2.16. The second kappa shape index (κ2) is 6.73. The third-order valence-corrected chi connectivity index (χ3v) is 3.14. The van der Waals surface area contributed by atoms with Crippen molar-refractivity contribution in [2.24, 2.45) is 0 Å². The molecule has 2 rings (SSSR count). The molecule has 1 N–H and O–H groups in total. The van der Waals surface area contributed by atoms with Crippen LogP contribution >= 0.6 is 0 Å². The molecular formula is C14H21FN2O2. The Bertz CT molecular complexity index is 408. The van der Waals surface area contributed by atoms with Crippen molar-refractivity contribution in [3.05, 3.63) is 24.0 Å². The van der Waals surface area contributed by atoms with Crippen molar-refractivity contribution >= 4 is 5.69 Å². The molecule has 0 saturated carbocycles. The van der Waals surface area contributed by atoms with Crippen molar-refractivity contribution in [2.75, 3.05) is 44.8 Å². The van der Waals surface area contributed by atoms with Gasteiger partial charge in [0.1, 0.15) is 0 Å². The summed E-state index contributed by atoms with van der Waals surface area (Å²) < 4.78 is 24.6. The van der Waals surface area contributed by atoms with Crippen LogP contribution in [-0.2, 0) is 4.74 Å². The number of likely N-dealkylation sites (N-methyl/N-ethyl adjacent to an activating group) is 1. The lowest BCUT2D eigenvalue weighted by molar-refractivity contribution is 0.0340. The van der Waals surface area contributed by atoms with Crippen LogP contribution in [0.2, 0.25) is 0 Å². The molecule has 4 nitrogen and oxygen atoms in total. The summed E-state index contributed by atoms with van der Waals surface area (Å²) in [5.74, 6) is -0.0240. The van der Waals surface area contributed by atoms with Crippen LogP contribution in [0.5, 0.6) is 5.75 Å². The minimum Gasteiger partial charge on any atom is -0.491 e. The van der Waals surface area contributed by atoms with Crippen LogP contribution in [0.4, 0.5) is 10.1 Å². The van der Waals surface area contributed by atoms with Gasteiger partial charge in [-0.25, -0.2) is 4.39 Å². The smallest absolute Gasteiger partial charge is 0.167 e. The predicted octanol–water partition coefficient (Wildman–Crippen LogP) is 1.65. The van der Waals surface area contributed by atoms with Crippen LogP contribution in [0.25, 0.3) is 0 Å². The lowest BCUT2D eigenvalue weighted by Gasteiger charge is -2.29. The van der Waals surface area contributed by atoms with Crippen LogP contribution in [0.3, 0.4) is 0 Å². The molecule has 1 aromatic carbocycles. The standard InChI is InChI=1S/C14H21FN2O2/c1-3-18-14-5-4-11(8-13(14)15)17(2)10-12-9-16-6-7-19-12/h4-5,8,12,16H,3,6-7,9-10H2,1-2H3. The van der Waals surface area contributed by atoms with Crippen LogP contribution in [0.15, 0.2) is 18.2 Å². The summed E-state index contributed by atoms with van der Waals surface area (Å²) in [7, 11) is 1.94. The maximum Gasteiger partial charge on any atom is 0.167 e. The summed E-state index contributed by atoms with van der Waals surface area (Å²) >= 11 is 0. The first-order chi connectivity index (χ1) is 9.20. The van der Waals surface area contributed by atoms with Gasteiger partial charge in [0.05, 0.1) is 19.3 Å². The zero-order valence-electron chi connectivity index (χ0n) is 11.5. The summed E-state index contributed by atoms with van der Waals surface area (Å²) in [5.41, 5.74) is 0.829. The predicted molar refractivity (Wildman–Crippen MR) is 73.4 cm³/mol. The first-order valence-corrected chi connectivity index (χ1v) is 6.66. The number of nitrogens with one attached hydrogen (secondary N) is 1. The second-order valence-corrected chi connectivity index (χ2v) is 4.63. The van der Waals surface area contributed by atoms with Gasteiger partial charge in [-0.1, -0.05) is 0 Å². The van der Waals surface area contributed by atoms with E-state index in [0.717, 1.165) is 31.9 Å². The normalized spacial score (nSPS) is 19.2. The van der Waals surface area contributed by atoms with Crippen molar-refractivity contribution in [2.45, 2.75) is 13.0 Å². The van der Waals surface area contributed by atoms with E-state index in [1.165, 1.54) is 6.07 Å². The van der Waals surface area contributed by atoms with E-state index < -0.39 is 0 Å². The van der Waals surface area contributed by atoms with Crippen molar-refractivity contribution in [3.63, 3.8) is 0 Å². The Morgan fingerprint density at radius 3 is 3.00 bits per heavy atom. The number of anilines is 1. The number of morpholine rings is 1. The van der Waals surface area contributed by atoms with E-state index in [4.69, 9.17) is 9.47 Å². The monoisotopic (exact) mass is 268 g/mol. The number of rotatable bonds is 5. The van der Waals surface area contributed by atoms with E-state index in [0.29, 0.717) is 12.4 Å². The number of ether oxygens (including phenoxy) is 2. The average molecular weight is 268 g/mol. The molecule has 19 heavy (non-hydrogen) atoms. The van der Waals surface area contributed by atoms with Crippen molar-refractivity contribution < 1.29 is 13.9 Å². The average Bonchev–Trinajstić information content (AvgIpc) is 2.42. The van der Waals surface area contributed by atoms with E-state index in [9.17, 15) is 4.39 Å². The topological polar surface area (TPSA) is 33.7 Å². The number of hydrogen-bond acceptors (Lipinski definition) is 4. The molecule has 1 aliphatic heterocycles. The highest BCUT2D eigenvalue weighted by atomic mass is 19.1. The van der Waals surface area contributed by atoms with Crippen molar-refractivity contribution in [1.82, 2.24) is 5.32 Å². The summed E-state index contributed by atoms with van der Waals surface area (Å²) in [4.78, 5) is 2.00. The quantitative estimate of drug-likeness (QED) is 0.880. The van der Waals surface area contributed by atoms with Crippen LogP contribution < -0.4 is 15.0 Å². The Morgan fingerprint density at radius 2 is 2.37 bits per heavy atom. The molecular weight excluding hydrogens is 247 g/mol. The fraction of sp³-hybridized carbons (Fsp3) is 0.571. The first kappa shape index (κ1) is 14.1. The third-order valence-electron chi connectivity index (χ3n) is 3.14. The molecule has 1 heterocycles. The van der Waals surface area contributed by atoms with E-state index >= 15 is 0 Å². The van der Waals surface area contributed by atoms with Gasteiger partial charge in [0, 0.05) is 38.4 Å². The molecule has 0 amide bonds. The fourth-order valence-electron chi connectivity index (χ4n) is 2.15. The molecule has 0 aliphatic carbocycles. The molecule has 106 valence electrons. The molecule has 1 unspecified atom stereocenters. The first-order valence-electron chi connectivity index (χ1n) is 6.66. The van der Waals surface area contributed by atoms with Gasteiger partial charge in [-0.3, -0.25) is 0 Å². The molecule has 0 bridgehead atoms. The Hall–Kier alpha value is -1.33. The number of halogens is 1. The van der Waals surface area contributed by atoms with Gasteiger partial charge in [0.2, 0.25) is 0 Å². The van der Waals surface area contributed by atoms with E-state index in [-0.39, 0.29) is 11.9 Å². The molecule has 0 aromatic heterocycles. The largest absolute Gasteiger partial charge is 0.491 e. The van der Waals surface area contributed by atoms with Crippen molar-refractivity contribution in [1.29, 1.82) is 0 Å². The SMILES string of the molecule is CCOc1ccc(N(C)CC2CNCCO2)cc1F. The second-order valence-electron chi connectivity index (χ2n) is 4.63. The maximum absolute atomic E-state index is 13.8. The molecule has 1 atom stereocenters. The van der Waals surface area contributed by atoms with Crippen LogP contribution in [0.1, 0.15) is 6.92 Å². The highest BCUT2D eigenvalue weighted by molar-refractivity contribution is 5.49. The minimum atomic E-state index is -0.325. The summed E-state index contributed by atoms with van der Waals surface area (Å²) in [6, 6.07) is 5.04. The van der Waals surface area contributed by atoms with Crippen molar-refractivity contribution in [3.8, 4) is 5.75 Å². The van der Waals surface area contributed by atoms with Gasteiger partial charge < -0.3 is 19.7 Å². The van der Waals surface area contributed by atoms with Gasteiger partial charge in [0.25, 0.3) is 0 Å². The Morgan fingerprint density at radius 1 is 1.53 bits per heavy atom. The molecule has 1 aromatic rings. The van der Waals surface area contributed by atoms with Gasteiger partial charge in [-0.15, -0.1) is 0 Å². The Labute approximate surface area is 113 Å². The molecule has 1 fully saturated rings.